The van der Waals surface area contributed by atoms with Crippen molar-refractivity contribution in [2.75, 3.05) is 13.7 Å². The van der Waals surface area contributed by atoms with Crippen LogP contribution in [0.15, 0.2) is 18.2 Å². The molecule has 15 heavy (non-hydrogen) atoms. The lowest BCUT2D eigenvalue weighted by molar-refractivity contribution is 0.409. The van der Waals surface area contributed by atoms with Gasteiger partial charge >= 0.3 is 0 Å². The van der Waals surface area contributed by atoms with Crippen LogP contribution in [0.3, 0.4) is 0 Å². The normalized spacial score (nSPS) is 11.5. The molecule has 0 saturated heterocycles. The van der Waals surface area contributed by atoms with E-state index in [1.165, 1.54) is 11.1 Å². The fourth-order valence-electron chi connectivity index (χ4n) is 1.60. The van der Waals surface area contributed by atoms with Crippen molar-refractivity contribution >= 4 is 0 Å². The van der Waals surface area contributed by atoms with Gasteiger partial charge in [0.1, 0.15) is 5.75 Å². The van der Waals surface area contributed by atoms with Gasteiger partial charge in [-0.05, 0) is 35.6 Å². The fourth-order valence-corrected chi connectivity index (χ4v) is 1.60. The van der Waals surface area contributed by atoms with Crippen molar-refractivity contribution in [3.8, 4) is 5.75 Å². The third-order valence-corrected chi connectivity index (χ3v) is 2.56. The van der Waals surface area contributed by atoms with Crippen LogP contribution in [-0.4, -0.2) is 13.7 Å². The Hall–Kier alpha value is -1.02. The standard InChI is InChI=1S/C13H21NO/c1-13(2,3)11-5-6-12(15-4)10(9-11)7-8-14/h5-6,9H,7-8,14H2,1-4H3. The monoisotopic (exact) mass is 207 g/mol. The highest BCUT2D eigenvalue weighted by Gasteiger charge is 2.15. The average Bonchev–Trinajstić information content (AvgIpc) is 2.17. The molecular formula is C13H21NO. The highest BCUT2D eigenvalue weighted by atomic mass is 16.5. The smallest absolute Gasteiger partial charge is 0.122 e. The van der Waals surface area contributed by atoms with Crippen LogP contribution < -0.4 is 10.5 Å². The maximum Gasteiger partial charge on any atom is 0.122 e. The second-order valence-electron chi connectivity index (χ2n) is 4.82. The molecule has 0 amide bonds. The minimum atomic E-state index is 0.176. The summed E-state index contributed by atoms with van der Waals surface area (Å²) < 4.78 is 5.31. The summed E-state index contributed by atoms with van der Waals surface area (Å²) in [7, 11) is 1.70. The van der Waals surface area contributed by atoms with Gasteiger partial charge in [0.15, 0.2) is 0 Å². The van der Waals surface area contributed by atoms with E-state index in [9.17, 15) is 0 Å². The summed E-state index contributed by atoms with van der Waals surface area (Å²) in [5.74, 6) is 0.938. The van der Waals surface area contributed by atoms with Crippen molar-refractivity contribution in [2.45, 2.75) is 32.6 Å². The summed E-state index contributed by atoms with van der Waals surface area (Å²) in [5, 5.41) is 0. The van der Waals surface area contributed by atoms with E-state index in [0.29, 0.717) is 6.54 Å². The molecular weight excluding hydrogens is 186 g/mol. The predicted molar refractivity (Wildman–Crippen MR) is 64.5 cm³/mol. The van der Waals surface area contributed by atoms with Crippen molar-refractivity contribution in [1.29, 1.82) is 0 Å². The van der Waals surface area contributed by atoms with Gasteiger partial charge in [-0.2, -0.15) is 0 Å². The average molecular weight is 207 g/mol. The molecule has 2 nitrogen and oxygen atoms in total. The maximum atomic E-state index is 5.59. The Bertz CT molecular complexity index is 326. The SMILES string of the molecule is COc1ccc(C(C)(C)C)cc1CCN. The lowest BCUT2D eigenvalue weighted by Crippen LogP contribution is -2.12. The topological polar surface area (TPSA) is 35.2 Å². The Morgan fingerprint density at radius 1 is 1.27 bits per heavy atom. The first-order chi connectivity index (χ1) is 6.99. The summed E-state index contributed by atoms with van der Waals surface area (Å²) >= 11 is 0. The Labute approximate surface area is 92.4 Å². The summed E-state index contributed by atoms with van der Waals surface area (Å²) in [6, 6.07) is 6.36. The lowest BCUT2D eigenvalue weighted by atomic mass is 9.85. The Balaban J connectivity index is 3.10. The van der Waals surface area contributed by atoms with Gasteiger partial charge in [-0.15, -0.1) is 0 Å². The number of nitrogens with two attached hydrogens (primary N) is 1. The molecule has 0 atom stereocenters. The van der Waals surface area contributed by atoms with Crippen molar-refractivity contribution in [2.24, 2.45) is 5.73 Å². The van der Waals surface area contributed by atoms with Gasteiger partial charge in [-0.1, -0.05) is 32.9 Å². The molecule has 1 rings (SSSR count). The van der Waals surface area contributed by atoms with Gasteiger partial charge in [0.05, 0.1) is 7.11 Å². The van der Waals surface area contributed by atoms with E-state index in [2.05, 4.69) is 32.9 Å². The second-order valence-corrected chi connectivity index (χ2v) is 4.82. The van der Waals surface area contributed by atoms with Crippen molar-refractivity contribution in [3.63, 3.8) is 0 Å². The largest absolute Gasteiger partial charge is 0.496 e. The highest BCUT2D eigenvalue weighted by Crippen LogP contribution is 2.27. The Kier molecular flexibility index (Phi) is 3.75. The minimum absolute atomic E-state index is 0.176. The van der Waals surface area contributed by atoms with E-state index in [4.69, 9.17) is 10.5 Å². The van der Waals surface area contributed by atoms with Crippen LogP contribution in [0.25, 0.3) is 0 Å². The van der Waals surface area contributed by atoms with Gasteiger partial charge in [-0.25, -0.2) is 0 Å². The minimum Gasteiger partial charge on any atom is -0.496 e. The van der Waals surface area contributed by atoms with E-state index < -0.39 is 0 Å². The summed E-state index contributed by atoms with van der Waals surface area (Å²) in [6.07, 6.45) is 0.868. The summed E-state index contributed by atoms with van der Waals surface area (Å²) in [6.45, 7) is 7.28. The summed E-state index contributed by atoms with van der Waals surface area (Å²) in [5.41, 5.74) is 8.29. The molecule has 0 unspecified atom stereocenters. The van der Waals surface area contributed by atoms with Crippen LogP contribution in [0.2, 0.25) is 0 Å². The molecule has 0 aromatic heterocycles. The predicted octanol–water partition coefficient (Wildman–Crippen LogP) is 2.49. The number of methoxy groups -OCH3 is 1. The molecule has 1 aromatic rings. The third kappa shape index (κ3) is 2.96. The van der Waals surface area contributed by atoms with Gasteiger partial charge in [-0.3, -0.25) is 0 Å². The number of benzene rings is 1. The van der Waals surface area contributed by atoms with Gasteiger partial charge < -0.3 is 10.5 Å². The Morgan fingerprint density at radius 3 is 2.40 bits per heavy atom. The zero-order valence-electron chi connectivity index (χ0n) is 10.1. The van der Waals surface area contributed by atoms with Gasteiger partial charge in [0, 0.05) is 0 Å². The van der Waals surface area contributed by atoms with Crippen LogP contribution in [0.5, 0.6) is 5.75 Å². The molecule has 84 valence electrons. The maximum absolute atomic E-state index is 5.59. The first-order valence-corrected chi connectivity index (χ1v) is 5.36. The first-order valence-electron chi connectivity index (χ1n) is 5.36. The third-order valence-electron chi connectivity index (χ3n) is 2.56. The van der Waals surface area contributed by atoms with E-state index in [-0.39, 0.29) is 5.41 Å². The van der Waals surface area contributed by atoms with Gasteiger partial charge in [0.25, 0.3) is 0 Å². The van der Waals surface area contributed by atoms with Crippen LogP contribution >= 0.6 is 0 Å². The van der Waals surface area contributed by atoms with Crippen molar-refractivity contribution < 1.29 is 4.74 Å². The van der Waals surface area contributed by atoms with Crippen LogP contribution in [-0.2, 0) is 11.8 Å². The van der Waals surface area contributed by atoms with E-state index in [0.717, 1.165) is 12.2 Å². The molecule has 0 aliphatic rings. The Morgan fingerprint density at radius 2 is 1.93 bits per heavy atom. The number of ether oxygens (including phenoxy) is 1. The second kappa shape index (κ2) is 4.67. The molecule has 0 aliphatic heterocycles. The molecule has 0 heterocycles. The van der Waals surface area contributed by atoms with E-state index in [1.807, 2.05) is 6.07 Å². The summed E-state index contributed by atoms with van der Waals surface area (Å²) in [4.78, 5) is 0. The van der Waals surface area contributed by atoms with Crippen LogP contribution in [0.4, 0.5) is 0 Å². The molecule has 0 radical (unpaired) electrons. The molecule has 0 aliphatic carbocycles. The number of rotatable bonds is 3. The zero-order valence-corrected chi connectivity index (χ0v) is 10.1. The first kappa shape index (κ1) is 12.1. The van der Waals surface area contributed by atoms with Crippen molar-refractivity contribution in [1.82, 2.24) is 0 Å². The fraction of sp³-hybridized carbons (Fsp3) is 0.538. The molecule has 0 spiro atoms. The van der Waals surface area contributed by atoms with E-state index in [1.54, 1.807) is 7.11 Å². The highest BCUT2D eigenvalue weighted by molar-refractivity contribution is 5.39. The number of hydrogen-bond donors (Lipinski definition) is 1. The van der Waals surface area contributed by atoms with Crippen molar-refractivity contribution in [3.05, 3.63) is 29.3 Å². The molecule has 0 fully saturated rings. The van der Waals surface area contributed by atoms with Crippen LogP contribution in [0, 0.1) is 0 Å². The zero-order chi connectivity index (χ0) is 11.5. The molecule has 0 saturated carbocycles. The molecule has 2 heteroatoms. The quantitative estimate of drug-likeness (QED) is 0.826. The van der Waals surface area contributed by atoms with Gasteiger partial charge in [0.2, 0.25) is 0 Å². The molecule has 1 aromatic carbocycles. The molecule has 2 N–H and O–H groups in total. The lowest BCUT2D eigenvalue weighted by Gasteiger charge is -2.21. The number of hydrogen-bond acceptors (Lipinski definition) is 2. The van der Waals surface area contributed by atoms with E-state index >= 15 is 0 Å². The van der Waals surface area contributed by atoms with Crippen LogP contribution in [0.1, 0.15) is 31.9 Å². The molecule has 0 bridgehead atoms.